The molecule has 0 radical (unpaired) electrons. The van der Waals surface area contributed by atoms with Gasteiger partial charge in [0.05, 0.1) is 11.2 Å². The third-order valence-electron chi connectivity index (χ3n) is 6.52. The molecule has 1 aromatic carbocycles. The zero-order chi connectivity index (χ0) is 21.7. The molecular weight excluding hydrogens is 402 g/mol. The molecule has 0 bridgehead atoms. The van der Waals surface area contributed by atoms with Crippen molar-refractivity contribution in [2.75, 3.05) is 19.7 Å². The molecule has 0 saturated heterocycles. The Labute approximate surface area is 185 Å². The first-order chi connectivity index (χ1) is 15.7. The summed E-state index contributed by atoms with van der Waals surface area (Å²) in [5.74, 6) is 1.54. The van der Waals surface area contributed by atoms with Crippen LogP contribution in [0.5, 0.6) is 5.75 Å². The summed E-state index contributed by atoms with van der Waals surface area (Å²) in [6, 6.07) is 9.72. The Morgan fingerprint density at radius 1 is 1.22 bits per heavy atom. The summed E-state index contributed by atoms with van der Waals surface area (Å²) in [6.07, 6.45) is 10.8. The molecule has 3 aliphatic rings. The quantitative estimate of drug-likeness (QED) is 0.695. The molecule has 0 amide bonds. The Morgan fingerprint density at radius 2 is 2.16 bits per heavy atom. The first kappa shape index (κ1) is 19.1. The van der Waals surface area contributed by atoms with E-state index < -0.39 is 0 Å². The van der Waals surface area contributed by atoms with Crippen LogP contribution in [0.1, 0.15) is 11.3 Å². The van der Waals surface area contributed by atoms with Crippen LogP contribution in [-0.2, 0) is 20.0 Å². The Balaban J connectivity index is 1.23. The third kappa shape index (κ3) is 3.17. The lowest BCUT2D eigenvalue weighted by Crippen LogP contribution is -2.26. The third-order valence-corrected chi connectivity index (χ3v) is 6.52. The number of allylic oxidation sites excluding steroid dienone is 2. The standard InChI is InChI=1S/C25H25N5O2/c1-28-22-12-18(5-6-20(22)21-7-9-26-14-23(21)28)30-11-8-19(13-25(30)31)32-16-17-15-29-10-3-2-4-24(29)27-17/h2-6,8,10-13,17,26H,7,9,14-16H2,1H3. The SMILES string of the molecule is Cn1c2c(c3ccc(-n4ccc(OCC5CN6C=CC=CC6=N5)cc4=O)cc31)CCNC2. The molecule has 0 fully saturated rings. The zero-order valence-electron chi connectivity index (χ0n) is 18.0. The summed E-state index contributed by atoms with van der Waals surface area (Å²) in [6.45, 7) is 3.13. The van der Waals surface area contributed by atoms with Crippen LogP contribution >= 0.6 is 0 Å². The number of pyridine rings is 1. The molecule has 3 aromatic rings. The average Bonchev–Trinajstić information content (AvgIpc) is 3.37. The molecule has 7 heteroatoms. The van der Waals surface area contributed by atoms with E-state index >= 15 is 0 Å². The van der Waals surface area contributed by atoms with E-state index in [0.717, 1.165) is 43.1 Å². The number of nitrogens with zero attached hydrogens (tertiary/aromatic N) is 4. The number of aromatic nitrogens is 2. The highest BCUT2D eigenvalue weighted by Gasteiger charge is 2.23. The Hall–Kier alpha value is -3.58. The monoisotopic (exact) mass is 427 g/mol. The van der Waals surface area contributed by atoms with E-state index in [1.165, 1.54) is 16.6 Å². The molecule has 162 valence electrons. The lowest BCUT2D eigenvalue weighted by atomic mass is 10.0. The molecule has 3 aliphatic heterocycles. The van der Waals surface area contributed by atoms with Gasteiger partial charge in [-0.25, -0.2) is 0 Å². The molecule has 0 spiro atoms. The van der Waals surface area contributed by atoms with Gasteiger partial charge in [-0.1, -0.05) is 12.1 Å². The van der Waals surface area contributed by atoms with E-state index in [0.29, 0.717) is 12.4 Å². The normalized spacial score (nSPS) is 19.2. The molecule has 7 nitrogen and oxygen atoms in total. The van der Waals surface area contributed by atoms with Crippen molar-refractivity contribution in [3.8, 4) is 11.4 Å². The highest BCUT2D eigenvalue weighted by molar-refractivity contribution is 5.96. The maximum Gasteiger partial charge on any atom is 0.258 e. The molecule has 1 atom stereocenters. The van der Waals surface area contributed by atoms with E-state index in [1.807, 2.05) is 36.6 Å². The number of ether oxygens (including phenoxy) is 1. The van der Waals surface area contributed by atoms with Crippen molar-refractivity contribution >= 4 is 16.7 Å². The summed E-state index contributed by atoms with van der Waals surface area (Å²) < 4.78 is 9.81. The number of aliphatic imine (C=N–C) groups is 1. The lowest BCUT2D eigenvalue weighted by Gasteiger charge is -2.16. The van der Waals surface area contributed by atoms with Crippen LogP contribution in [0.25, 0.3) is 16.6 Å². The number of benzene rings is 1. The Bertz CT molecular complexity index is 1360. The number of rotatable bonds is 4. The summed E-state index contributed by atoms with van der Waals surface area (Å²) in [7, 11) is 2.10. The van der Waals surface area contributed by atoms with E-state index in [9.17, 15) is 4.79 Å². The van der Waals surface area contributed by atoms with E-state index in [-0.39, 0.29) is 11.6 Å². The van der Waals surface area contributed by atoms with Gasteiger partial charge in [0.15, 0.2) is 0 Å². The van der Waals surface area contributed by atoms with Crippen LogP contribution in [0, 0.1) is 0 Å². The molecule has 5 heterocycles. The van der Waals surface area contributed by atoms with Gasteiger partial charge in [-0.15, -0.1) is 0 Å². The predicted molar refractivity (Wildman–Crippen MR) is 126 cm³/mol. The first-order valence-electron chi connectivity index (χ1n) is 11.0. The minimum Gasteiger partial charge on any atom is -0.491 e. The fourth-order valence-corrected chi connectivity index (χ4v) is 4.87. The average molecular weight is 428 g/mol. The molecule has 0 saturated carbocycles. The van der Waals surface area contributed by atoms with E-state index in [4.69, 9.17) is 4.74 Å². The van der Waals surface area contributed by atoms with Crippen molar-refractivity contribution in [1.29, 1.82) is 0 Å². The minimum absolute atomic E-state index is 0.0557. The minimum atomic E-state index is -0.108. The summed E-state index contributed by atoms with van der Waals surface area (Å²) >= 11 is 0. The molecule has 0 aliphatic carbocycles. The van der Waals surface area contributed by atoms with Crippen molar-refractivity contribution in [3.05, 3.63) is 82.6 Å². The maximum atomic E-state index is 12.9. The van der Waals surface area contributed by atoms with Gasteiger partial charge in [0, 0.05) is 49.7 Å². The molecule has 6 rings (SSSR count). The summed E-state index contributed by atoms with van der Waals surface area (Å²) in [5.41, 5.74) is 4.66. The number of fused-ring (bicyclic) bond motifs is 4. The van der Waals surface area contributed by atoms with Crippen LogP contribution in [0.3, 0.4) is 0 Å². The van der Waals surface area contributed by atoms with Gasteiger partial charge >= 0.3 is 0 Å². The van der Waals surface area contributed by atoms with Crippen molar-refractivity contribution < 1.29 is 4.74 Å². The van der Waals surface area contributed by atoms with Crippen molar-refractivity contribution in [2.45, 2.75) is 19.0 Å². The zero-order valence-corrected chi connectivity index (χ0v) is 18.0. The van der Waals surface area contributed by atoms with Crippen LogP contribution < -0.4 is 15.6 Å². The van der Waals surface area contributed by atoms with Crippen molar-refractivity contribution in [2.24, 2.45) is 12.0 Å². The van der Waals surface area contributed by atoms with Gasteiger partial charge in [-0.3, -0.25) is 14.4 Å². The smallest absolute Gasteiger partial charge is 0.258 e. The number of nitrogens with one attached hydrogen (secondary N) is 1. The summed E-state index contributed by atoms with van der Waals surface area (Å²) in [4.78, 5) is 19.6. The van der Waals surface area contributed by atoms with Gasteiger partial charge in [0.25, 0.3) is 5.56 Å². The highest BCUT2D eigenvalue weighted by atomic mass is 16.5. The Morgan fingerprint density at radius 3 is 3.03 bits per heavy atom. The molecular formula is C25H25N5O2. The predicted octanol–water partition coefficient (Wildman–Crippen LogP) is 2.52. The van der Waals surface area contributed by atoms with E-state index in [1.54, 1.807) is 16.8 Å². The van der Waals surface area contributed by atoms with Gasteiger partial charge < -0.3 is 19.5 Å². The first-order valence-corrected chi connectivity index (χ1v) is 11.0. The second kappa shape index (κ2) is 7.53. The van der Waals surface area contributed by atoms with Crippen molar-refractivity contribution in [3.63, 3.8) is 0 Å². The molecule has 1 N–H and O–H groups in total. The van der Waals surface area contributed by atoms with Crippen LogP contribution in [0.4, 0.5) is 0 Å². The fraction of sp³-hybridized carbons (Fsp3) is 0.280. The largest absolute Gasteiger partial charge is 0.491 e. The second-order valence-electron chi connectivity index (χ2n) is 8.49. The van der Waals surface area contributed by atoms with Gasteiger partial charge in [0.2, 0.25) is 0 Å². The highest BCUT2D eigenvalue weighted by Crippen LogP contribution is 2.29. The van der Waals surface area contributed by atoms with Gasteiger partial charge in [0.1, 0.15) is 24.2 Å². The maximum absolute atomic E-state index is 12.9. The number of amidine groups is 1. The van der Waals surface area contributed by atoms with Crippen LogP contribution in [-0.4, -0.2) is 45.6 Å². The van der Waals surface area contributed by atoms with Crippen molar-refractivity contribution in [1.82, 2.24) is 19.4 Å². The van der Waals surface area contributed by atoms with Gasteiger partial charge in [-0.05, 0) is 48.9 Å². The Kier molecular flexibility index (Phi) is 4.50. The molecule has 2 aromatic heterocycles. The van der Waals surface area contributed by atoms with Gasteiger partial charge in [-0.2, -0.15) is 0 Å². The second-order valence-corrected chi connectivity index (χ2v) is 8.49. The molecule has 32 heavy (non-hydrogen) atoms. The fourth-order valence-electron chi connectivity index (χ4n) is 4.87. The number of aryl methyl sites for hydroxylation is 1. The van der Waals surface area contributed by atoms with Crippen LogP contribution in [0.2, 0.25) is 0 Å². The topological polar surface area (TPSA) is 63.8 Å². The van der Waals surface area contributed by atoms with Crippen LogP contribution in [0.15, 0.2) is 70.7 Å². The van der Waals surface area contributed by atoms with E-state index in [2.05, 4.69) is 39.0 Å². The lowest BCUT2D eigenvalue weighted by molar-refractivity contribution is 0.284. The summed E-state index contributed by atoms with van der Waals surface area (Å²) in [5, 5.41) is 4.72. The molecule has 1 unspecified atom stereocenters. The number of hydrogen-bond acceptors (Lipinski definition) is 5. The number of hydrogen-bond donors (Lipinski definition) is 1.